The molecule has 8 nitrogen and oxygen atoms in total. The number of nitrogens with zero attached hydrogens (tertiary/aromatic N) is 3. The van der Waals surface area contributed by atoms with Gasteiger partial charge in [0.05, 0.1) is 17.6 Å². The lowest BCUT2D eigenvalue weighted by Crippen LogP contribution is -2.22. The van der Waals surface area contributed by atoms with Gasteiger partial charge in [-0.2, -0.15) is 5.10 Å². The van der Waals surface area contributed by atoms with Crippen LogP contribution in [0, 0.1) is 6.92 Å². The molecule has 2 aromatic rings. The predicted molar refractivity (Wildman–Crippen MR) is 68.3 cm³/mol. The van der Waals surface area contributed by atoms with Gasteiger partial charge >= 0.3 is 5.97 Å². The van der Waals surface area contributed by atoms with Crippen LogP contribution in [-0.4, -0.2) is 40.0 Å². The standard InChI is InChI=1S/C10H12N4O4S/c1-6-8-3-7(4-11-10(8)14(2)12-6)13-19(17,18)5-9(15)16/h3-4,13H,5H2,1-2H3,(H,15,16). The van der Waals surface area contributed by atoms with Gasteiger partial charge in [-0.05, 0) is 13.0 Å². The average molecular weight is 284 g/mol. The maximum absolute atomic E-state index is 11.5. The number of pyridine rings is 1. The molecule has 0 saturated carbocycles. The molecule has 0 bridgehead atoms. The van der Waals surface area contributed by atoms with Gasteiger partial charge in [0.25, 0.3) is 0 Å². The van der Waals surface area contributed by atoms with Gasteiger partial charge in [-0.3, -0.25) is 14.2 Å². The van der Waals surface area contributed by atoms with E-state index in [0.717, 1.165) is 0 Å². The molecule has 0 spiro atoms. The van der Waals surface area contributed by atoms with Gasteiger partial charge < -0.3 is 5.11 Å². The number of carbonyl (C=O) groups is 1. The van der Waals surface area contributed by atoms with E-state index in [0.29, 0.717) is 16.7 Å². The highest BCUT2D eigenvalue weighted by Gasteiger charge is 2.16. The number of aliphatic carboxylic acids is 1. The van der Waals surface area contributed by atoms with E-state index in [4.69, 9.17) is 5.11 Å². The van der Waals surface area contributed by atoms with E-state index < -0.39 is 21.7 Å². The molecule has 0 aliphatic heterocycles. The molecule has 0 atom stereocenters. The van der Waals surface area contributed by atoms with Crippen molar-refractivity contribution in [2.75, 3.05) is 10.5 Å². The first-order valence-corrected chi connectivity index (χ1v) is 6.95. The number of nitrogens with one attached hydrogen (secondary N) is 1. The van der Waals surface area contributed by atoms with Crippen LogP contribution in [0.4, 0.5) is 5.69 Å². The van der Waals surface area contributed by atoms with Crippen LogP contribution in [0.5, 0.6) is 0 Å². The van der Waals surface area contributed by atoms with E-state index in [1.54, 1.807) is 24.7 Å². The SMILES string of the molecule is Cc1nn(C)c2ncc(NS(=O)(=O)CC(=O)O)cc12. The Balaban J connectivity index is 2.37. The minimum atomic E-state index is -3.93. The second-order valence-corrected chi connectivity index (χ2v) is 5.78. The number of anilines is 1. The number of hydrogen-bond donors (Lipinski definition) is 2. The smallest absolute Gasteiger partial charge is 0.320 e. The third-order valence-corrected chi connectivity index (χ3v) is 3.62. The van der Waals surface area contributed by atoms with E-state index in [9.17, 15) is 13.2 Å². The molecular formula is C10H12N4O4S. The molecule has 0 amide bonds. The van der Waals surface area contributed by atoms with Crippen molar-refractivity contribution in [3.05, 3.63) is 18.0 Å². The molecule has 0 unspecified atom stereocenters. The molecule has 0 fully saturated rings. The summed E-state index contributed by atoms with van der Waals surface area (Å²) >= 11 is 0. The van der Waals surface area contributed by atoms with Crippen LogP contribution >= 0.6 is 0 Å². The summed E-state index contributed by atoms with van der Waals surface area (Å²) in [5, 5.41) is 13.4. The molecule has 102 valence electrons. The predicted octanol–water partition coefficient (Wildman–Crippen LogP) is 0.103. The molecule has 0 radical (unpaired) electrons. The van der Waals surface area contributed by atoms with Crippen LogP contribution in [0.3, 0.4) is 0 Å². The molecule has 2 aromatic heterocycles. The third-order valence-electron chi connectivity index (χ3n) is 2.45. The molecule has 0 aliphatic rings. The number of carboxylic acids is 1. The molecule has 0 saturated heterocycles. The normalized spacial score (nSPS) is 11.7. The van der Waals surface area contributed by atoms with Crippen LogP contribution in [-0.2, 0) is 21.9 Å². The fourth-order valence-corrected chi connectivity index (χ4v) is 2.61. The van der Waals surface area contributed by atoms with Gasteiger partial charge in [0.15, 0.2) is 11.4 Å². The van der Waals surface area contributed by atoms with Gasteiger partial charge in [-0.1, -0.05) is 0 Å². The number of sulfonamides is 1. The summed E-state index contributed by atoms with van der Waals surface area (Å²) < 4.78 is 26.7. The second kappa shape index (κ2) is 4.50. The monoisotopic (exact) mass is 284 g/mol. The van der Waals surface area contributed by atoms with E-state index in [1.165, 1.54) is 6.20 Å². The van der Waals surface area contributed by atoms with E-state index in [2.05, 4.69) is 14.8 Å². The Hall–Kier alpha value is -2.16. The Labute approximate surface area is 109 Å². The first-order valence-electron chi connectivity index (χ1n) is 5.30. The van der Waals surface area contributed by atoms with Crippen molar-refractivity contribution in [1.82, 2.24) is 14.8 Å². The number of rotatable bonds is 4. The van der Waals surface area contributed by atoms with Crippen molar-refractivity contribution in [2.24, 2.45) is 7.05 Å². The summed E-state index contributed by atoms with van der Waals surface area (Å²) in [6, 6.07) is 1.57. The second-order valence-electron chi connectivity index (χ2n) is 4.06. The Morgan fingerprint density at radius 2 is 2.21 bits per heavy atom. The van der Waals surface area contributed by atoms with Gasteiger partial charge in [-0.25, -0.2) is 13.4 Å². The van der Waals surface area contributed by atoms with Gasteiger partial charge in [0.1, 0.15) is 0 Å². The third kappa shape index (κ3) is 2.81. The Bertz CT molecular complexity index is 750. The summed E-state index contributed by atoms with van der Waals surface area (Å²) in [4.78, 5) is 14.5. The van der Waals surface area contributed by atoms with E-state index in [1.807, 2.05) is 0 Å². The number of hydrogen-bond acceptors (Lipinski definition) is 5. The molecule has 9 heteroatoms. The van der Waals surface area contributed by atoms with Crippen molar-refractivity contribution < 1.29 is 18.3 Å². The van der Waals surface area contributed by atoms with Crippen LogP contribution in [0.15, 0.2) is 12.3 Å². The summed E-state index contributed by atoms with van der Waals surface area (Å²) in [6.45, 7) is 1.78. The maximum atomic E-state index is 11.5. The summed E-state index contributed by atoms with van der Waals surface area (Å²) in [6.07, 6.45) is 1.32. The molecule has 2 N–H and O–H groups in total. The van der Waals surface area contributed by atoms with Crippen LogP contribution in [0.2, 0.25) is 0 Å². The van der Waals surface area contributed by atoms with E-state index in [-0.39, 0.29) is 5.69 Å². The highest BCUT2D eigenvalue weighted by atomic mass is 32.2. The van der Waals surface area contributed by atoms with Crippen LogP contribution < -0.4 is 4.72 Å². The quantitative estimate of drug-likeness (QED) is 0.823. The van der Waals surface area contributed by atoms with Crippen molar-refractivity contribution in [3.8, 4) is 0 Å². The minimum Gasteiger partial charge on any atom is -0.480 e. The van der Waals surface area contributed by atoms with Crippen LogP contribution in [0.25, 0.3) is 11.0 Å². The molecule has 0 aliphatic carbocycles. The topological polar surface area (TPSA) is 114 Å². The Morgan fingerprint density at radius 1 is 1.53 bits per heavy atom. The molecular weight excluding hydrogens is 272 g/mol. The maximum Gasteiger partial charge on any atom is 0.320 e. The van der Waals surface area contributed by atoms with E-state index >= 15 is 0 Å². The Morgan fingerprint density at radius 3 is 2.84 bits per heavy atom. The Kier molecular flexibility index (Phi) is 3.14. The lowest BCUT2D eigenvalue weighted by Gasteiger charge is -2.05. The van der Waals surface area contributed by atoms with Gasteiger partial charge in [0, 0.05) is 12.4 Å². The summed E-state index contributed by atoms with van der Waals surface area (Å²) in [7, 11) is -2.19. The molecule has 0 aromatic carbocycles. The zero-order valence-electron chi connectivity index (χ0n) is 10.3. The number of fused-ring (bicyclic) bond motifs is 1. The first kappa shape index (κ1) is 13.3. The first-order chi connectivity index (χ1) is 8.78. The number of aryl methyl sites for hydroxylation is 2. The fraction of sp³-hybridized carbons (Fsp3) is 0.300. The van der Waals surface area contributed by atoms with Crippen molar-refractivity contribution >= 4 is 32.7 Å². The average Bonchev–Trinajstić information content (AvgIpc) is 2.51. The highest BCUT2D eigenvalue weighted by molar-refractivity contribution is 7.93. The molecule has 19 heavy (non-hydrogen) atoms. The zero-order valence-corrected chi connectivity index (χ0v) is 11.1. The van der Waals surface area contributed by atoms with Crippen molar-refractivity contribution in [1.29, 1.82) is 0 Å². The summed E-state index contributed by atoms with van der Waals surface area (Å²) in [5.74, 6) is -2.41. The lowest BCUT2D eigenvalue weighted by molar-refractivity contribution is -0.134. The van der Waals surface area contributed by atoms with Crippen LogP contribution in [0.1, 0.15) is 5.69 Å². The number of aromatic nitrogens is 3. The highest BCUT2D eigenvalue weighted by Crippen LogP contribution is 2.19. The molecule has 2 heterocycles. The van der Waals surface area contributed by atoms with Gasteiger partial charge in [0.2, 0.25) is 10.0 Å². The fourth-order valence-electron chi connectivity index (χ4n) is 1.74. The number of carboxylic acid groups (broad SMARTS) is 1. The lowest BCUT2D eigenvalue weighted by atomic mass is 10.3. The van der Waals surface area contributed by atoms with Gasteiger partial charge in [-0.15, -0.1) is 0 Å². The summed E-state index contributed by atoms with van der Waals surface area (Å²) in [5.41, 5.74) is 1.55. The zero-order chi connectivity index (χ0) is 14.2. The van der Waals surface area contributed by atoms with Crippen molar-refractivity contribution in [2.45, 2.75) is 6.92 Å². The largest absolute Gasteiger partial charge is 0.480 e. The minimum absolute atomic E-state index is 0.213. The van der Waals surface area contributed by atoms with Crippen molar-refractivity contribution in [3.63, 3.8) is 0 Å². The molecule has 2 rings (SSSR count).